The van der Waals surface area contributed by atoms with Crippen LogP contribution in [0.5, 0.6) is 0 Å². The molecule has 120 valence electrons. The molecule has 2 rings (SSSR count). The van der Waals surface area contributed by atoms with Crippen molar-refractivity contribution >= 4 is 23.3 Å². The molecule has 0 saturated heterocycles. The maximum Gasteiger partial charge on any atom is 0.223 e. The minimum atomic E-state index is -0.0975. The number of amides is 1. The molecule has 0 aliphatic rings. The molecule has 0 saturated carbocycles. The highest BCUT2D eigenvalue weighted by Crippen LogP contribution is 2.18. The first kappa shape index (κ1) is 17.2. The van der Waals surface area contributed by atoms with E-state index in [9.17, 15) is 9.59 Å². The van der Waals surface area contributed by atoms with Crippen molar-refractivity contribution in [3.63, 3.8) is 0 Å². The van der Waals surface area contributed by atoms with E-state index in [1.165, 1.54) is 0 Å². The second-order valence-electron chi connectivity index (χ2n) is 5.30. The van der Waals surface area contributed by atoms with Gasteiger partial charge < -0.3 is 4.90 Å². The molecule has 2 aromatic rings. The molecular formula is C19H20ClNO2. The summed E-state index contributed by atoms with van der Waals surface area (Å²) in [4.78, 5) is 26.3. The quantitative estimate of drug-likeness (QED) is 0.708. The highest BCUT2D eigenvalue weighted by Gasteiger charge is 2.16. The van der Waals surface area contributed by atoms with Crippen LogP contribution in [-0.2, 0) is 11.3 Å². The van der Waals surface area contributed by atoms with Gasteiger partial charge in [0.1, 0.15) is 0 Å². The minimum absolute atomic E-state index is 0.0169. The van der Waals surface area contributed by atoms with Crippen LogP contribution in [0, 0.1) is 0 Å². The molecule has 0 N–H and O–H groups in total. The summed E-state index contributed by atoms with van der Waals surface area (Å²) in [6.45, 7) is 3.13. The molecule has 23 heavy (non-hydrogen) atoms. The lowest BCUT2D eigenvalue weighted by Gasteiger charge is -2.21. The van der Waals surface area contributed by atoms with Crippen molar-refractivity contribution in [2.45, 2.75) is 26.3 Å². The molecule has 0 aromatic heterocycles. The summed E-state index contributed by atoms with van der Waals surface area (Å²) in [7, 11) is 0. The summed E-state index contributed by atoms with van der Waals surface area (Å²) in [5.41, 5.74) is 1.56. The Morgan fingerprint density at radius 2 is 1.61 bits per heavy atom. The zero-order valence-corrected chi connectivity index (χ0v) is 13.9. The van der Waals surface area contributed by atoms with E-state index in [0.29, 0.717) is 23.7 Å². The lowest BCUT2D eigenvalue weighted by Crippen LogP contribution is -2.30. The molecule has 2 aromatic carbocycles. The molecule has 0 bridgehead atoms. The largest absolute Gasteiger partial charge is 0.339 e. The molecule has 0 fully saturated rings. The lowest BCUT2D eigenvalue weighted by molar-refractivity contribution is -0.131. The third-order valence-electron chi connectivity index (χ3n) is 3.69. The van der Waals surface area contributed by atoms with E-state index in [4.69, 9.17) is 11.6 Å². The Bertz CT molecular complexity index is 670. The van der Waals surface area contributed by atoms with Crippen molar-refractivity contribution < 1.29 is 9.59 Å². The molecule has 0 aliphatic heterocycles. The average molecular weight is 330 g/mol. The molecule has 3 nitrogen and oxygen atoms in total. The van der Waals surface area contributed by atoms with Gasteiger partial charge in [-0.3, -0.25) is 9.59 Å². The van der Waals surface area contributed by atoms with Crippen molar-refractivity contribution in [1.29, 1.82) is 0 Å². The van der Waals surface area contributed by atoms with Crippen molar-refractivity contribution in [3.8, 4) is 0 Å². The zero-order valence-electron chi connectivity index (χ0n) is 13.2. The Labute approximate surface area is 141 Å². The van der Waals surface area contributed by atoms with Gasteiger partial charge in [-0.25, -0.2) is 0 Å². The number of carbonyl (C=O) groups is 2. The van der Waals surface area contributed by atoms with Gasteiger partial charge in [0.05, 0.1) is 5.02 Å². The Kier molecular flexibility index (Phi) is 6.36. The standard InChI is InChI=1S/C19H20ClNO2/c1-2-21(14-15-8-4-3-5-9-15)19(23)13-12-18(22)16-10-6-7-11-17(16)20/h3-11H,2,12-14H2,1H3. The van der Waals surface area contributed by atoms with Gasteiger partial charge in [0.2, 0.25) is 5.91 Å². The zero-order chi connectivity index (χ0) is 16.7. The van der Waals surface area contributed by atoms with Crippen LogP contribution < -0.4 is 0 Å². The van der Waals surface area contributed by atoms with Gasteiger partial charge in [-0.1, -0.05) is 54.1 Å². The first-order valence-corrected chi connectivity index (χ1v) is 8.09. The van der Waals surface area contributed by atoms with Gasteiger partial charge in [-0.05, 0) is 24.6 Å². The third kappa shape index (κ3) is 4.93. The topological polar surface area (TPSA) is 37.4 Å². The number of nitrogens with zero attached hydrogens (tertiary/aromatic N) is 1. The van der Waals surface area contributed by atoms with Gasteiger partial charge in [-0.15, -0.1) is 0 Å². The summed E-state index contributed by atoms with van der Waals surface area (Å²) >= 11 is 6.02. The number of ketones is 1. The highest BCUT2D eigenvalue weighted by molar-refractivity contribution is 6.34. The summed E-state index contributed by atoms with van der Waals surface area (Å²) in [5, 5.41) is 0.432. The van der Waals surface area contributed by atoms with Crippen LogP contribution in [0.1, 0.15) is 35.7 Å². The number of hydrogen-bond acceptors (Lipinski definition) is 2. The van der Waals surface area contributed by atoms with E-state index >= 15 is 0 Å². The summed E-state index contributed by atoms with van der Waals surface area (Å²) in [6.07, 6.45) is 0.374. The van der Waals surface area contributed by atoms with E-state index in [1.54, 1.807) is 29.2 Å². The summed E-state index contributed by atoms with van der Waals surface area (Å²) in [6, 6.07) is 16.8. The van der Waals surface area contributed by atoms with E-state index < -0.39 is 0 Å². The fourth-order valence-electron chi connectivity index (χ4n) is 2.38. The SMILES string of the molecule is CCN(Cc1ccccc1)C(=O)CCC(=O)c1ccccc1Cl. The van der Waals surface area contributed by atoms with Crippen LogP contribution in [0.2, 0.25) is 5.02 Å². The van der Waals surface area contributed by atoms with Crippen molar-refractivity contribution in [2.24, 2.45) is 0 Å². The number of carbonyl (C=O) groups excluding carboxylic acids is 2. The van der Waals surface area contributed by atoms with Crippen molar-refractivity contribution in [1.82, 2.24) is 4.90 Å². The van der Waals surface area contributed by atoms with Crippen LogP contribution >= 0.6 is 11.6 Å². The Balaban J connectivity index is 1.92. The predicted octanol–water partition coefficient (Wildman–Crippen LogP) is 4.35. The van der Waals surface area contributed by atoms with Gasteiger partial charge in [0.25, 0.3) is 0 Å². The maximum absolute atomic E-state index is 12.3. The van der Waals surface area contributed by atoms with Crippen LogP contribution in [0.3, 0.4) is 0 Å². The van der Waals surface area contributed by atoms with Gasteiger partial charge in [0, 0.05) is 31.5 Å². The second kappa shape index (κ2) is 8.49. The third-order valence-corrected chi connectivity index (χ3v) is 4.02. The fourth-order valence-corrected chi connectivity index (χ4v) is 2.62. The van der Waals surface area contributed by atoms with Crippen molar-refractivity contribution in [3.05, 3.63) is 70.7 Å². The maximum atomic E-state index is 12.3. The first-order chi connectivity index (χ1) is 11.1. The van der Waals surface area contributed by atoms with E-state index in [0.717, 1.165) is 5.56 Å². The number of hydrogen-bond donors (Lipinski definition) is 0. The van der Waals surface area contributed by atoms with Crippen LogP contribution in [0.25, 0.3) is 0 Å². The molecule has 0 atom stereocenters. The average Bonchev–Trinajstić information content (AvgIpc) is 2.58. The number of rotatable bonds is 7. The highest BCUT2D eigenvalue weighted by atomic mass is 35.5. The summed E-state index contributed by atoms with van der Waals surface area (Å²) < 4.78 is 0. The molecule has 0 heterocycles. The number of benzene rings is 2. The van der Waals surface area contributed by atoms with E-state index in [1.807, 2.05) is 37.3 Å². The fraction of sp³-hybridized carbons (Fsp3) is 0.263. The predicted molar refractivity (Wildman–Crippen MR) is 92.5 cm³/mol. The second-order valence-corrected chi connectivity index (χ2v) is 5.70. The Morgan fingerprint density at radius 3 is 2.26 bits per heavy atom. The number of Topliss-reactive ketones (excluding diaryl/α,β-unsaturated/α-hetero) is 1. The van der Waals surface area contributed by atoms with Crippen LogP contribution in [0.15, 0.2) is 54.6 Å². The van der Waals surface area contributed by atoms with Crippen LogP contribution in [-0.4, -0.2) is 23.1 Å². The Morgan fingerprint density at radius 1 is 0.957 bits per heavy atom. The molecule has 0 unspecified atom stereocenters. The molecular weight excluding hydrogens is 310 g/mol. The van der Waals surface area contributed by atoms with Gasteiger partial charge in [-0.2, -0.15) is 0 Å². The normalized spacial score (nSPS) is 10.3. The molecule has 0 spiro atoms. The Hall–Kier alpha value is -2.13. The van der Waals surface area contributed by atoms with E-state index in [-0.39, 0.29) is 24.5 Å². The number of halogens is 1. The molecule has 0 aliphatic carbocycles. The van der Waals surface area contributed by atoms with Crippen LogP contribution in [0.4, 0.5) is 0 Å². The molecule has 1 amide bonds. The minimum Gasteiger partial charge on any atom is -0.339 e. The smallest absolute Gasteiger partial charge is 0.223 e. The van der Waals surface area contributed by atoms with Gasteiger partial charge in [0.15, 0.2) is 5.78 Å². The molecule has 0 radical (unpaired) electrons. The first-order valence-electron chi connectivity index (χ1n) is 7.71. The summed E-state index contributed by atoms with van der Waals surface area (Å²) in [5.74, 6) is -0.114. The van der Waals surface area contributed by atoms with Crippen molar-refractivity contribution in [2.75, 3.05) is 6.54 Å². The van der Waals surface area contributed by atoms with E-state index in [2.05, 4.69) is 0 Å². The van der Waals surface area contributed by atoms with Gasteiger partial charge >= 0.3 is 0 Å². The monoisotopic (exact) mass is 329 g/mol. The molecule has 4 heteroatoms. The lowest BCUT2D eigenvalue weighted by atomic mass is 10.1.